The van der Waals surface area contributed by atoms with Gasteiger partial charge < -0.3 is 15.0 Å². The Kier molecular flexibility index (Phi) is 7.17. The molecule has 0 spiro atoms. The van der Waals surface area contributed by atoms with Crippen LogP contribution in [0.4, 0.5) is 0 Å². The van der Waals surface area contributed by atoms with Crippen LogP contribution in [0.15, 0.2) is 29.3 Å². The van der Waals surface area contributed by atoms with Crippen molar-refractivity contribution in [3.8, 4) is 5.75 Å². The highest BCUT2D eigenvalue weighted by Gasteiger charge is 2.08. The van der Waals surface area contributed by atoms with E-state index in [1.54, 1.807) is 7.11 Å². The molecule has 0 aliphatic heterocycles. The Morgan fingerprint density at radius 2 is 1.95 bits per heavy atom. The standard InChI is InChI=1S/C15H25N3O3S/c1-5-16-15(17-10-11-22(4,19)20)18(2)12-13-6-8-14(21-3)9-7-13/h6-9H,5,10-12H2,1-4H3,(H,16,17). The molecular weight excluding hydrogens is 302 g/mol. The molecule has 0 atom stereocenters. The monoisotopic (exact) mass is 327 g/mol. The molecule has 1 rings (SSSR count). The van der Waals surface area contributed by atoms with Crippen molar-refractivity contribution in [2.75, 3.05) is 39.3 Å². The van der Waals surface area contributed by atoms with Crippen molar-refractivity contribution < 1.29 is 13.2 Å². The van der Waals surface area contributed by atoms with E-state index in [4.69, 9.17) is 4.74 Å². The van der Waals surface area contributed by atoms with E-state index in [-0.39, 0.29) is 12.3 Å². The minimum atomic E-state index is -2.99. The van der Waals surface area contributed by atoms with Gasteiger partial charge in [0.2, 0.25) is 0 Å². The molecule has 0 aliphatic rings. The Morgan fingerprint density at radius 1 is 1.32 bits per heavy atom. The molecule has 6 nitrogen and oxygen atoms in total. The number of ether oxygens (including phenoxy) is 1. The normalized spacial score (nSPS) is 12.1. The zero-order valence-electron chi connectivity index (χ0n) is 13.7. The lowest BCUT2D eigenvalue weighted by Crippen LogP contribution is -2.38. The molecule has 0 heterocycles. The molecule has 124 valence electrons. The number of nitrogens with one attached hydrogen (secondary N) is 1. The number of hydrogen-bond donors (Lipinski definition) is 1. The lowest BCUT2D eigenvalue weighted by Gasteiger charge is -2.22. The number of hydrogen-bond acceptors (Lipinski definition) is 4. The average Bonchev–Trinajstić information content (AvgIpc) is 2.46. The van der Waals surface area contributed by atoms with Crippen LogP contribution >= 0.6 is 0 Å². The highest BCUT2D eigenvalue weighted by molar-refractivity contribution is 7.90. The summed E-state index contributed by atoms with van der Waals surface area (Å²) < 4.78 is 27.5. The minimum Gasteiger partial charge on any atom is -0.497 e. The van der Waals surface area contributed by atoms with Crippen molar-refractivity contribution in [3.63, 3.8) is 0 Å². The Bertz CT molecular complexity index is 583. The van der Waals surface area contributed by atoms with Gasteiger partial charge in [-0.15, -0.1) is 0 Å². The van der Waals surface area contributed by atoms with Gasteiger partial charge in [0.25, 0.3) is 0 Å². The molecule has 7 heteroatoms. The molecule has 1 aromatic carbocycles. The number of aliphatic imine (C=N–C) groups is 1. The van der Waals surface area contributed by atoms with Crippen LogP contribution in [0.25, 0.3) is 0 Å². The molecule has 0 aromatic heterocycles. The second-order valence-electron chi connectivity index (χ2n) is 5.07. The third kappa shape index (κ3) is 6.80. The van der Waals surface area contributed by atoms with Gasteiger partial charge in [0, 0.05) is 26.4 Å². The van der Waals surface area contributed by atoms with Crippen LogP contribution in [0.5, 0.6) is 5.75 Å². The Morgan fingerprint density at radius 3 is 2.45 bits per heavy atom. The number of methoxy groups -OCH3 is 1. The van der Waals surface area contributed by atoms with Crippen LogP contribution in [0.1, 0.15) is 12.5 Å². The number of sulfone groups is 1. The van der Waals surface area contributed by atoms with Gasteiger partial charge >= 0.3 is 0 Å². The summed E-state index contributed by atoms with van der Waals surface area (Å²) in [6, 6.07) is 7.82. The van der Waals surface area contributed by atoms with Crippen LogP contribution in [0.2, 0.25) is 0 Å². The summed E-state index contributed by atoms with van der Waals surface area (Å²) in [5.41, 5.74) is 1.12. The van der Waals surface area contributed by atoms with Crippen LogP contribution < -0.4 is 10.1 Å². The highest BCUT2D eigenvalue weighted by Crippen LogP contribution is 2.12. The van der Waals surface area contributed by atoms with E-state index in [1.165, 1.54) is 6.26 Å². The summed E-state index contributed by atoms with van der Waals surface area (Å²) in [5.74, 6) is 1.57. The first-order valence-electron chi connectivity index (χ1n) is 7.16. The van der Waals surface area contributed by atoms with E-state index in [0.717, 1.165) is 17.9 Å². The zero-order valence-corrected chi connectivity index (χ0v) is 14.5. The summed E-state index contributed by atoms with van der Waals surface area (Å²) in [6.45, 7) is 3.64. The van der Waals surface area contributed by atoms with Gasteiger partial charge in [-0.1, -0.05) is 12.1 Å². The van der Waals surface area contributed by atoms with E-state index >= 15 is 0 Å². The van der Waals surface area contributed by atoms with Gasteiger partial charge in [-0.2, -0.15) is 0 Å². The number of rotatable bonds is 7. The Labute approximate surface area is 133 Å². The van der Waals surface area contributed by atoms with Crippen LogP contribution in [0, 0.1) is 0 Å². The van der Waals surface area contributed by atoms with E-state index in [0.29, 0.717) is 12.5 Å². The summed E-state index contributed by atoms with van der Waals surface area (Å²) >= 11 is 0. The fourth-order valence-corrected chi connectivity index (χ4v) is 2.29. The molecule has 22 heavy (non-hydrogen) atoms. The molecule has 1 aromatic rings. The van der Waals surface area contributed by atoms with Crippen LogP contribution in [-0.2, 0) is 16.4 Å². The van der Waals surface area contributed by atoms with Gasteiger partial charge in [0.1, 0.15) is 15.6 Å². The van der Waals surface area contributed by atoms with Gasteiger partial charge in [-0.3, -0.25) is 4.99 Å². The topological polar surface area (TPSA) is 71.0 Å². The number of benzene rings is 1. The van der Waals surface area contributed by atoms with Gasteiger partial charge in [0.15, 0.2) is 5.96 Å². The first-order valence-corrected chi connectivity index (χ1v) is 9.22. The molecule has 0 aliphatic carbocycles. The lowest BCUT2D eigenvalue weighted by molar-refractivity contribution is 0.414. The molecular formula is C15H25N3O3S. The fourth-order valence-electron chi connectivity index (χ4n) is 1.87. The van der Waals surface area contributed by atoms with E-state index < -0.39 is 9.84 Å². The van der Waals surface area contributed by atoms with E-state index in [9.17, 15) is 8.42 Å². The second-order valence-corrected chi connectivity index (χ2v) is 7.33. The second kappa shape index (κ2) is 8.63. The first kappa shape index (κ1) is 18.3. The maximum atomic E-state index is 11.2. The third-order valence-corrected chi connectivity index (χ3v) is 3.92. The molecule has 0 amide bonds. The minimum absolute atomic E-state index is 0.0538. The molecule has 0 fully saturated rings. The van der Waals surface area contributed by atoms with Crippen molar-refractivity contribution in [2.24, 2.45) is 4.99 Å². The summed E-state index contributed by atoms with van der Waals surface area (Å²) in [5, 5.41) is 3.17. The maximum Gasteiger partial charge on any atom is 0.193 e. The number of guanidine groups is 1. The maximum absolute atomic E-state index is 11.2. The quantitative estimate of drug-likeness (QED) is 0.601. The molecule has 0 saturated heterocycles. The number of nitrogens with zero attached hydrogens (tertiary/aromatic N) is 2. The third-order valence-electron chi connectivity index (χ3n) is 3.00. The van der Waals surface area contributed by atoms with Gasteiger partial charge in [-0.25, -0.2) is 8.42 Å². The molecule has 0 bridgehead atoms. The first-order chi connectivity index (χ1) is 10.4. The molecule has 0 unspecified atom stereocenters. The van der Waals surface area contributed by atoms with Crippen LogP contribution in [-0.4, -0.2) is 58.5 Å². The summed E-state index contributed by atoms with van der Waals surface area (Å²) in [7, 11) is 0.566. The summed E-state index contributed by atoms with van der Waals surface area (Å²) in [4.78, 5) is 6.32. The fraction of sp³-hybridized carbons (Fsp3) is 0.533. The van der Waals surface area contributed by atoms with Crippen molar-refractivity contribution in [3.05, 3.63) is 29.8 Å². The van der Waals surface area contributed by atoms with Gasteiger partial charge in [0.05, 0.1) is 19.4 Å². The van der Waals surface area contributed by atoms with Crippen molar-refractivity contribution >= 4 is 15.8 Å². The van der Waals surface area contributed by atoms with Crippen molar-refractivity contribution in [1.29, 1.82) is 0 Å². The Balaban J connectivity index is 2.70. The Hall–Kier alpha value is -1.76. The average molecular weight is 327 g/mol. The lowest BCUT2D eigenvalue weighted by atomic mass is 10.2. The van der Waals surface area contributed by atoms with E-state index in [2.05, 4.69) is 10.3 Å². The highest BCUT2D eigenvalue weighted by atomic mass is 32.2. The molecule has 1 N–H and O–H groups in total. The van der Waals surface area contributed by atoms with Gasteiger partial charge in [-0.05, 0) is 24.6 Å². The SMILES string of the molecule is CCNC(=NCCS(C)(=O)=O)N(C)Cc1ccc(OC)cc1. The molecule has 0 radical (unpaired) electrons. The predicted octanol–water partition coefficient (Wildman–Crippen LogP) is 1.14. The predicted molar refractivity (Wildman–Crippen MR) is 90.2 cm³/mol. The van der Waals surface area contributed by atoms with Crippen molar-refractivity contribution in [1.82, 2.24) is 10.2 Å². The zero-order chi connectivity index (χ0) is 16.6. The molecule has 0 saturated carbocycles. The smallest absolute Gasteiger partial charge is 0.193 e. The van der Waals surface area contributed by atoms with Crippen LogP contribution in [0.3, 0.4) is 0 Å². The van der Waals surface area contributed by atoms with Crippen molar-refractivity contribution in [2.45, 2.75) is 13.5 Å². The largest absolute Gasteiger partial charge is 0.497 e. The van der Waals surface area contributed by atoms with E-state index in [1.807, 2.05) is 43.1 Å². The summed E-state index contributed by atoms with van der Waals surface area (Å²) in [6.07, 6.45) is 1.22.